The van der Waals surface area contributed by atoms with Crippen LogP contribution in [0.15, 0.2) is 0 Å². The van der Waals surface area contributed by atoms with Crippen molar-refractivity contribution < 1.29 is 42.0 Å². The molecule has 7 heavy (non-hydrogen) atoms. The molecule has 0 aromatic carbocycles. The molecule has 0 aliphatic rings. The van der Waals surface area contributed by atoms with E-state index in [4.69, 9.17) is 0 Å². The molecule has 3 heteroatoms. The van der Waals surface area contributed by atoms with E-state index in [-0.39, 0.29) is 42.0 Å². The fourth-order valence-electron chi connectivity index (χ4n) is 0.0945. The van der Waals surface area contributed by atoms with Gasteiger partial charge in [0.1, 0.15) is 0 Å². The summed E-state index contributed by atoms with van der Waals surface area (Å²) < 4.78 is 0. The first-order chi connectivity index (χ1) is 2.41. The fourth-order valence-corrected chi connectivity index (χ4v) is 0.491. The van der Waals surface area contributed by atoms with Crippen LogP contribution in [0.2, 0.25) is 0 Å². The molecule has 0 N–H and O–H groups in total. The van der Waals surface area contributed by atoms with Crippen molar-refractivity contribution >= 4 is 15.9 Å². The Kier molecular flexibility index (Phi) is 35.6. The number of hydrogen-bond acceptors (Lipinski definition) is 0. The van der Waals surface area contributed by atoms with Crippen molar-refractivity contribution in [3.8, 4) is 0 Å². The van der Waals surface area contributed by atoms with Crippen molar-refractivity contribution in [3.63, 3.8) is 0 Å². The third-order valence-corrected chi connectivity index (χ3v) is 0.944. The summed E-state index contributed by atoms with van der Waals surface area (Å²) in [6, 6.07) is 0. The Morgan fingerprint density at radius 3 is 1.86 bits per heavy atom. The summed E-state index contributed by atoms with van der Waals surface area (Å²) in [5.74, 6) is 0. The molecule has 0 fully saturated rings. The second-order valence-electron chi connectivity index (χ2n) is 0.896. The van der Waals surface area contributed by atoms with Gasteiger partial charge in [-0.2, -0.15) is 0 Å². The Morgan fingerprint density at radius 1 is 1.43 bits per heavy atom. The van der Waals surface area contributed by atoms with Crippen LogP contribution < -0.4 is 42.0 Å². The maximum Gasteiger partial charge on any atom is 1.00 e. The van der Waals surface area contributed by atoms with Gasteiger partial charge < -0.3 is 12.4 Å². The summed E-state index contributed by atoms with van der Waals surface area (Å²) in [7, 11) is 0. The predicted octanol–water partition coefficient (Wildman–Crippen LogP) is -4.00. The molecule has 0 heterocycles. The van der Waals surface area contributed by atoms with Crippen LogP contribution in [0.3, 0.4) is 0 Å². The van der Waals surface area contributed by atoms with E-state index in [0.29, 0.717) is 0 Å². The summed E-state index contributed by atoms with van der Waals surface area (Å²) in [5, 5.41) is 1.09. The minimum atomic E-state index is 0. The summed E-state index contributed by atoms with van der Waals surface area (Å²) in [6.45, 7) is 3.65. The van der Waals surface area contributed by atoms with Crippen LogP contribution in [-0.4, -0.2) is 5.33 Å². The molecule has 0 rings (SSSR count). The summed E-state index contributed by atoms with van der Waals surface area (Å²) in [6.07, 6.45) is 2.24. The monoisotopic (exact) mass is 193 g/mol. The molecular weight excluding hydrogens is 186 g/mol. The molecule has 0 aliphatic carbocycles. The maximum absolute atomic E-state index is 3.65. The molecule has 0 aromatic rings. The van der Waals surface area contributed by atoms with Crippen LogP contribution >= 0.6 is 15.9 Å². The van der Waals surface area contributed by atoms with Crippen molar-refractivity contribution in [3.05, 3.63) is 6.92 Å². The second-order valence-corrected chi connectivity index (χ2v) is 1.69. The molecule has 39 valence electrons. The van der Waals surface area contributed by atoms with Gasteiger partial charge in [0.15, 0.2) is 0 Å². The minimum absolute atomic E-state index is 0. The molecule has 0 atom stereocenters. The Balaban J connectivity index is -0.0000000800. The summed E-state index contributed by atoms with van der Waals surface area (Å²) in [5.41, 5.74) is 0. The fraction of sp³-hybridized carbons (Fsp3) is 0.750. The first kappa shape index (κ1) is 15.9. The van der Waals surface area contributed by atoms with Gasteiger partial charge in [0, 0.05) is 5.33 Å². The Bertz CT molecular complexity index is 19.2. The summed E-state index contributed by atoms with van der Waals surface area (Å²) >= 11 is 3.27. The van der Waals surface area contributed by atoms with Crippen LogP contribution in [0.5, 0.6) is 0 Å². The average molecular weight is 194 g/mol. The molecule has 0 aliphatic heterocycles. The van der Waals surface area contributed by atoms with E-state index in [0.717, 1.165) is 11.8 Å². The Hall–Kier alpha value is 1.77. The third-order valence-electron chi connectivity index (χ3n) is 0.384. The number of unbranched alkanes of at least 4 members (excludes halogenated alkanes) is 1. The van der Waals surface area contributed by atoms with Crippen LogP contribution in [0.4, 0.5) is 0 Å². The molecule has 0 aromatic heterocycles. The van der Waals surface area contributed by atoms with Crippen molar-refractivity contribution in [2.24, 2.45) is 0 Å². The van der Waals surface area contributed by atoms with Gasteiger partial charge in [0.25, 0.3) is 0 Å². The maximum atomic E-state index is 3.65. The average Bonchev–Trinajstić information content (AvgIpc) is 1.41. The van der Waals surface area contributed by atoms with Crippen LogP contribution in [0.1, 0.15) is 12.8 Å². The molecule has 0 amide bonds. The van der Waals surface area contributed by atoms with E-state index in [2.05, 4.69) is 22.9 Å². The van der Waals surface area contributed by atoms with Gasteiger partial charge >= 0.3 is 29.6 Å². The Labute approximate surface area is 82.3 Å². The summed E-state index contributed by atoms with van der Waals surface area (Å²) in [4.78, 5) is 0. The zero-order valence-corrected chi connectivity index (χ0v) is 8.93. The quantitative estimate of drug-likeness (QED) is 0.311. The van der Waals surface area contributed by atoms with Gasteiger partial charge in [0.2, 0.25) is 0 Å². The third kappa shape index (κ3) is 18.2. The van der Waals surface area contributed by atoms with Crippen molar-refractivity contribution in [2.75, 3.05) is 5.33 Å². The first-order valence-corrected chi connectivity index (χ1v) is 2.89. The normalized spacial score (nSPS) is 6.00. The van der Waals surface area contributed by atoms with Gasteiger partial charge in [-0.25, -0.2) is 0 Å². The van der Waals surface area contributed by atoms with Crippen molar-refractivity contribution in [1.82, 2.24) is 0 Å². The molecule has 0 bridgehead atoms. The SMILES string of the molecule is [CH2]CCCBr.[Cl-].[Na+]. The number of hydrogen-bond donors (Lipinski definition) is 0. The van der Waals surface area contributed by atoms with Crippen LogP contribution in [0, 0.1) is 6.92 Å². The standard InChI is InChI=1S/C4H8Br.ClH.Na/c1-2-3-4-5;;/h1-4H2;1H;/q;;+1/p-1. The van der Waals surface area contributed by atoms with Gasteiger partial charge in [-0.3, -0.25) is 0 Å². The van der Waals surface area contributed by atoms with Gasteiger partial charge in [-0.15, -0.1) is 0 Å². The molecule has 0 spiro atoms. The molecule has 0 unspecified atom stereocenters. The number of rotatable bonds is 2. The number of halogens is 2. The van der Waals surface area contributed by atoms with E-state index >= 15 is 0 Å². The predicted molar refractivity (Wildman–Crippen MR) is 28.4 cm³/mol. The van der Waals surface area contributed by atoms with Gasteiger partial charge in [-0.05, 0) is 6.42 Å². The smallest absolute Gasteiger partial charge is 1.00 e. The molecule has 1 radical (unpaired) electrons. The second kappa shape index (κ2) is 15.7. The molecule has 0 saturated carbocycles. The van der Waals surface area contributed by atoms with E-state index in [1.807, 2.05) is 0 Å². The van der Waals surface area contributed by atoms with E-state index in [1.54, 1.807) is 0 Å². The first-order valence-electron chi connectivity index (χ1n) is 1.77. The van der Waals surface area contributed by atoms with Gasteiger partial charge in [0.05, 0.1) is 0 Å². The van der Waals surface area contributed by atoms with Crippen LogP contribution in [-0.2, 0) is 0 Å². The van der Waals surface area contributed by atoms with Gasteiger partial charge in [-0.1, -0.05) is 29.3 Å². The molecular formula is C4H8BrClNa. The van der Waals surface area contributed by atoms with Crippen LogP contribution in [0.25, 0.3) is 0 Å². The molecule has 0 nitrogen and oxygen atoms in total. The zero-order valence-electron chi connectivity index (χ0n) is 4.58. The topological polar surface area (TPSA) is 0 Å². The van der Waals surface area contributed by atoms with E-state index in [1.165, 1.54) is 6.42 Å². The molecule has 0 saturated heterocycles. The van der Waals surface area contributed by atoms with Crippen molar-refractivity contribution in [1.29, 1.82) is 0 Å². The minimum Gasteiger partial charge on any atom is -1.00 e. The Morgan fingerprint density at radius 2 is 1.86 bits per heavy atom. The van der Waals surface area contributed by atoms with E-state index in [9.17, 15) is 0 Å². The number of alkyl halides is 1. The van der Waals surface area contributed by atoms with E-state index < -0.39 is 0 Å². The van der Waals surface area contributed by atoms with Crippen molar-refractivity contribution in [2.45, 2.75) is 12.8 Å². The zero-order chi connectivity index (χ0) is 4.12. The largest absolute Gasteiger partial charge is 1.00 e.